The summed E-state index contributed by atoms with van der Waals surface area (Å²) in [6.07, 6.45) is 0. The van der Waals surface area contributed by atoms with E-state index in [2.05, 4.69) is 10.2 Å². The van der Waals surface area contributed by atoms with Gasteiger partial charge in [-0.2, -0.15) is 0 Å². The van der Waals surface area contributed by atoms with Gasteiger partial charge in [0.2, 0.25) is 17.6 Å². The van der Waals surface area contributed by atoms with E-state index in [1.54, 1.807) is 19.1 Å². The summed E-state index contributed by atoms with van der Waals surface area (Å²) in [5.41, 5.74) is 0.541. The second kappa shape index (κ2) is 9.86. The number of piperazine rings is 1. The molecule has 1 aromatic carbocycles. The van der Waals surface area contributed by atoms with Gasteiger partial charge in [-0.1, -0.05) is 0 Å². The lowest BCUT2D eigenvalue weighted by atomic mass is 9.90. The third-order valence-corrected chi connectivity index (χ3v) is 5.49. The molecule has 0 bridgehead atoms. The number of rotatable bonds is 6. The molecule has 2 aliphatic heterocycles. The summed E-state index contributed by atoms with van der Waals surface area (Å²) >= 11 is 0. The Kier molecular flexibility index (Phi) is 7.21. The van der Waals surface area contributed by atoms with Crippen LogP contribution in [0.2, 0.25) is 0 Å². The number of esters is 1. The highest BCUT2D eigenvalue weighted by molar-refractivity contribution is 6.08. The van der Waals surface area contributed by atoms with Gasteiger partial charge < -0.3 is 28.7 Å². The van der Waals surface area contributed by atoms with Gasteiger partial charge >= 0.3 is 5.97 Å². The minimum Gasteiger partial charge on any atom is -0.493 e. The predicted octanol–water partition coefficient (Wildman–Crippen LogP) is 0.666. The zero-order valence-corrected chi connectivity index (χ0v) is 18.6. The summed E-state index contributed by atoms with van der Waals surface area (Å²) in [6, 6.07) is 2.61. The maximum absolute atomic E-state index is 13.1. The highest BCUT2D eigenvalue weighted by Gasteiger charge is 2.44. The van der Waals surface area contributed by atoms with Gasteiger partial charge in [0.1, 0.15) is 6.04 Å². The third-order valence-electron chi connectivity index (χ3n) is 5.49. The van der Waals surface area contributed by atoms with Crippen LogP contribution < -0.4 is 19.5 Å². The van der Waals surface area contributed by atoms with Crippen LogP contribution in [0.1, 0.15) is 18.5 Å². The van der Waals surface area contributed by atoms with Crippen molar-refractivity contribution in [3.63, 3.8) is 0 Å². The SMILES string of the molecule is CCOC(=O)C1C(=O)NC(N2CCN(C)CC2)=NC1c1ccc(OC)c(OC)c1OC. The van der Waals surface area contributed by atoms with Crippen LogP contribution in [-0.4, -0.2) is 88.8 Å². The number of aliphatic imine (C=N–C) groups is 1. The lowest BCUT2D eigenvalue weighted by Crippen LogP contribution is -2.56. The average Bonchev–Trinajstić information content (AvgIpc) is 2.77. The van der Waals surface area contributed by atoms with E-state index in [-0.39, 0.29) is 6.61 Å². The Labute approximate surface area is 182 Å². The van der Waals surface area contributed by atoms with Crippen LogP contribution in [0.5, 0.6) is 17.2 Å². The summed E-state index contributed by atoms with van der Waals surface area (Å²) in [7, 11) is 6.57. The number of methoxy groups -OCH3 is 3. The molecule has 1 amide bonds. The first-order chi connectivity index (χ1) is 14.9. The van der Waals surface area contributed by atoms with Gasteiger partial charge in [-0.3, -0.25) is 14.9 Å². The van der Waals surface area contributed by atoms with Gasteiger partial charge in [-0.25, -0.2) is 4.99 Å². The van der Waals surface area contributed by atoms with E-state index < -0.39 is 23.8 Å². The molecular formula is C21H30N4O6. The molecule has 2 atom stereocenters. The van der Waals surface area contributed by atoms with Crippen LogP contribution in [0.4, 0.5) is 0 Å². The quantitative estimate of drug-likeness (QED) is 0.515. The molecule has 1 saturated heterocycles. The Morgan fingerprint density at radius 2 is 1.77 bits per heavy atom. The fourth-order valence-corrected chi connectivity index (χ4v) is 3.82. The highest BCUT2D eigenvalue weighted by atomic mass is 16.5. The Morgan fingerprint density at radius 3 is 2.35 bits per heavy atom. The fraction of sp³-hybridized carbons (Fsp3) is 0.571. The molecule has 3 rings (SSSR count). The molecule has 1 N–H and O–H groups in total. The summed E-state index contributed by atoms with van der Waals surface area (Å²) in [4.78, 5) is 34.8. The van der Waals surface area contributed by atoms with Crippen LogP contribution >= 0.6 is 0 Å². The number of likely N-dealkylation sites (N-methyl/N-ethyl adjacent to an activating group) is 1. The summed E-state index contributed by atoms with van der Waals surface area (Å²) in [5, 5.41) is 2.80. The number of nitrogens with one attached hydrogen (secondary N) is 1. The number of hydrogen-bond acceptors (Lipinski definition) is 9. The van der Waals surface area contributed by atoms with E-state index in [9.17, 15) is 9.59 Å². The maximum Gasteiger partial charge on any atom is 0.321 e. The van der Waals surface area contributed by atoms with Gasteiger partial charge in [-0.15, -0.1) is 0 Å². The molecule has 0 aliphatic carbocycles. The lowest BCUT2D eigenvalue weighted by molar-refractivity contribution is -0.153. The van der Waals surface area contributed by atoms with E-state index in [1.807, 2.05) is 11.9 Å². The number of benzene rings is 1. The highest BCUT2D eigenvalue weighted by Crippen LogP contribution is 2.45. The minimum atomic E-state index is -1.15. The predicted molar refractivity (Wildman–Crippen MR) is 114 cm³/mol. The van der Waals surface area contributed by atoms with E-state index >= 15 is 0 Å². The van der Waals surface area contributed by atoms with Crippen molar-refractivity contribution in [3.8, 4) is 17.2 Å². The largest absolute Gasteiger partial charge is 0.493 e. The van der Waals surface area contributed by atoms with Crippen molar-refractivity contribution in [1.82, 2.24) is 15.1 Å². The Bertz CT molecular complexity index is 851. The number of carbonyl (C=O) groups excluding carboxylic acids is 2. The first-order valence-electron chi connectivity index (χ1n) is 10.2. The molecule has 10 heteroatoms. The van der Waals surface area contributed by atoms with Gasteiger partial charge in [-0.05, 0) is 26.1 Å². The molecule has 0 radical (unpaired) electrons. The molecule has 1 aromatic rings. The second-order valence-electron chi connectivity index (χ2n) is 7.33. The zero-order valence-electron chi connectivity index (χ0n) is 18.6. The normalized spacial score (nSPS) is 21.8. The molecule has 2 heterocycles. The van der Waals surface area contributed by atoms with Crippen molar-refractivity contribution in [2.75, 3.05) is 61.2 Å². The van der Waals surface area contributed by atoms with Gasteiger partial charge in [0.05, 0.1) is 27.9 Å². The molecule has 10 nitrogen and oxygen atoms in total. The van der Waals surface area contributed by atoms with Crippen LogP contribution in [0.25, 0.3) is 0 Å². The number of ether oxygens (including phenoxy) is 4. The first-order valence-corrected chi connectivity index (χ1v) is 10.2. The second-order valence-corrected chi connectivity index (χ2v) is 7.33. The summed E-state index contributed by atoms with van der Waals surface area (Å²) in [5.74, 6) is -0.597. The third kappa shape index (κ3) is 4.53. The number of carbonyl (C=O) groups is 2. The van der Waals surface area contributed by atoms with E-state index in [1.165, 1.54) is 21.3 Å². The molecule has 1 fully saturated rings. The number of hydrogen-bond donors (Lipinski definition) is 1. The molecule has 2 aliphatic rings. The number of amides is 1. The van der Waals surface area contributed by atoms with Crippen LogP contribution in [-0.2, 0) is 14.3 Å². The Hall–Kier alpha value is -3.01. The van der Waals surface area contributed by atoms with Crippen LogP contribution in [0, 0.1) is 5.92 Å². The number of guanidine groups is 1. The van der Waals surface area contributed by atoms with Gasteiger partial charge in [0.25, 0.3) is 0 Å². The lowest BCUT2D eigenvalue weighted by Gasteiger charge is -2.38. The van der Waals surface area contributed by atoms with E-state index in [4.69, 9.17) is 23.9 Å². The van der Waals surface area contributed by atoms with Gasteiger partial charge in [0, 0.05) is 31.7 Å². The van der Waals surface area contributed by atoms with Crippen LogP contribution in [0.15, 0.2) is 17.1 Å². The average molecular weight is 434 g/mol. The van der Waals surface area contributed by atoms with Crippen LogP contribution in [0.3, 0.4) is 0 Å². The van der Waals surface area contributed by atoms with Gasteiger partial charge in [0.15, 0.2) is 17.4 Å². The Balaban J connectivity index is 2.10. The van der Waals surface area contributed by atoms with Crippen molar-refractivity contribution in [3.05, 3.63) is 17.7 Å². The molecule has 0 spiro atoms. The Morgan fingerprint density at radius 1 is 1.10 bits per heavy atom. The van der Waals surface area contributed by atoms with E-state index in [0.717, 1.165) is 26.2 Å². The zero-order chi connectivity index (χ0) is 22.5. The van der Waals surface area contributed by atoms with Crippen molar-refractivity contribution < 1.29 is 28.5 Å². The maximum atomic E-state index is 13.1. The van der Waals surface area contributed by atoms with Crippen molar-refractivity contribution in [1.29, 1.82) is 0 Å². The number of nitrogens with zero attached hydrogens (tertiary/aromatic N) is 3. The molecular weight excluding hydrogens is 404 g/mol. The molecule has 31 heavy (non-hydrogen) atoms. The molecule has 170 valence electrons. The van der Waals surface area contributed by atoms with Crippen molar-refractivity contribution in [2.45, 2.75) is 13.0 Å². The molecule has 0 saturated carbocycles. The molecule has 0 aromatic heterocycles. The minimum absolute atomic E-state index is 0.160. The standard InChI is InChI=1S/C21H30N4O6/c1-6-31-20(27)15-16(13-7-8-14(28-3)18(30-5)17(13)29-4)22-21(23-19(15)26)25-11-9-24(2)10-12-25/h7-8,15-16H,6,9-12H2,1-5H3,(H,22,23,26). The molecule has 2 unspecified atom stereocenters. The summed E-state index contributed by atoms with van der Waals surface area (Å²) < 4.78 is 21.6. The topological polar surface area (TPSA) is 102 Å². The van der Waals surface area contributed by atoms with Crippen molar-refractivity contribution in [2.24, 2.45) is 10.9 Å². The van der Waals surface area contributed by atoms with Crippen molar-refractivity contribution >= 4 is 17.8 Å². The smallest absolute Gasteiger partial charge is 0.321 e. The summed E-state index contributed by atoms with van der Waals surface area (Å²) in [6.45, 7) is 4.99. The monoisotopic (exact) mass is 434 g/mol. The first kappa shape index (κ1) is 22.7. The fourth-order valence-electron chi connectivity index (χ4n) is 3.82. The van der Waals surface area contributed by atoms with E-state index in [0.29, 0.717) is 28.8 Å².